The Balaban J connectivity index is 0.000000604. The summed E-state index contributed by atoms with van der Waals surface area (Å²) in [5.74, 6) is 0. The van der Waals surface area contributed by atoms with Crippen LogP contribution in [0.2, 0.25) is 0 Å². The molecule has 1 aromatic rings. The standard InChI is InChI=1S/C20H14N4S.C3H6/c25-20-11-18-9-16-4-3-14(22-16)7-12-1-2-13(21-12)8-15-5-6-17(23-15)10-19(20)24-18;1-3-2/h1-11,19,22,24H;3H,1H2,2H3. The summed E-state index contributed by atoms with van der Waals surface area (Å²) in [5, 5.41) is 5.47. The van der Waals surface area contributed by atoms with Crippen molar-refractivity contribution in [3.8, 4) is 0 Å². The fourth-order valence-electron chi connectivity index (χ4n) is 3.11. The van der Waals surface area contributed by atoms with Gasteiger partial charge in [0.1, 0.15) is 0 Å². The molecule has 5 heterocycles. The second-order valence-corrected chi connectivity index (χ2v) is 7.06. The van der Waals surface area contributed by atoms with Gasteiger partial charge in [-0.3, -0.25) is 0 Å². The molecule has 1 aromatic heterocycles. The minimum atomic E-state index is -0.0125. The van der Waals surface area contributed by atoms with E-state index in [1.165, 1.54) is 0 Å². The molecule has 0 spiro atoms. The molecule has 5 heteroatoms. The molecule has 0 fully saturated rings. The normalized spacial score (nSPS) is 21.1. The fourth-order valence-corrected chi connectivity index (χ4v) is 3.37. The van der Waals surface area contributed by atoms with Gasteiger partial charge in [0.05, 0.1) is 28.9 Å². The number of hydrogen-bond donors (Lipinski definition) is 2. The summed E-state index contributed by atoms with van der Waals surface area (Å²) in [6.07, 6.45) is 19.9. The van der Waals surface area contributed by atoms with Gasteiger partial charge in [-0.1, -0.05) is 18.3 Å². The lowest BCUT2D eigenvalue weighted by atomic mass is 10.2. The molecule has 0 aromatic carbocycles. The lowest BCUT2D eigenvalue weighted by molar-refractivity contribution is 0.881. The third-order valence-corrected chi connectivity index (χ3v) is 4.64. The van der Waals surface area contributed by atoms with Crippen molar-refractivity contribution >= 4 is 40.7 Å². The van der Waals surface area contributed by atoms with Crippen LogP contribution < -0.4 is 16.0 Å². The Morgan fingerprint density at radius 1 is 0.929 bits per heavy atom. The van der Waals surface area contributed by atoms with E-state index in [-0.39, 0.29) is 6.04 Å². The number of thiocarbonyl (C=S) groups is 1. The van der Waals surface area contributed by atoms with Crippen LogP contribution in [0.1, 0.15) is 6.92 Å². The van der Waals surface area contributed by atoms with Crippen molar-refractivity contribution in [1.29, 1.82) is 0 Å². The molecule has 8 bridgehead atoms. The molecule has 0 saturated carbocycles. The Hall–Kier alpha value is -3.31. The maximum Gasteiger partial charge on any atom is 0.0823 e. The third-order valence-electron chi connectivity index (χ3n) is 4.27. The monoisotopic (exact) mass is 384 g/mol. The van der Waals surface area contributed by atoms with Crippen LogP contribution >= 0.6 is 12.2 Å². The summed E-state index contributed by atoms with van der Waals surface area (Å²) < 4.78 is 0. The molecule has 0 radical (unpaired) electrons. The van der Waals surface area contributed by atoms with Crippen LogP contribution in [0, 0.1) is 0 Å². The maximum absolute atomic E-state index is 5.50. The third kappa shape index (κ3) is 4.00. The fraction of sp³-hybridized carbons (Fsp3) is 0.0870. The Morgan fingerprint density at radius 3 is 2.36 bits per heavy atom. The molecule has 0 aliphatic carbocycles. The van der Waals surface area contributed by atoms with Gasteiger partial charge >= 0.3 is 0 Å². The summed E-state index contributed by atoms with van der Waals surface area (Å²) in [6, 6.07) is 4.08. The molecule has 0 saturated heterocycles. The van der Waals surface area contributed by atoms with E-state index in [9.17, 15) is 0 Å². The quantitative estimate of drug-likeness (QED) is 0.534. The molecular formula is C23H20N4S. The smallest absolute Gasteiger partial charge is 0.0823 e. The van der Waals surface area contributed by atoms with Gasteiger partial charge in [-0.05, 0) is 73.7 Å². The van der Waals surface area contributed by atoms with Crippen molar-refractivity contribution in [3.05, 3.63) is 95.1 Å². The highest BCUT2D eigenvalue weighted by Gasteiger charge is 2.19. The van der Waals surface area contributed by atoms with Crippen LogP contribution in [0.25, 0.3) is 12.2 Å². The van der Waals surface area contributed by atoms with E-state index in [0.717, 1.165) is 44.1 Å². The van der Waals surface area contributed by atoms with Crippen molar-refractivity contribution in [2.45, 2.75) is 13.0 Å². The average Bonchev–Trinajstić information content (AvgIpc) is 3.42. The highest BCUT2D eigenvalue weighted by molar-refractivity contribution is 7.81. The molecule has 0 amide bonds. The predicted molar refractivity (Wildman–Crippen MR) is 122 cm³/mol. The van der Waals surface area contributed by atoms with Gasteiger partial charge in [-0.2, -0.15) is 0 Å². The molecule has 4 aliphatic heterocycles. The molecule has 2 N–H and O–H groups in total. The number of aromatic amines is 1. The minimum Gasteiger partial charge on any atom is -0.374 e. The van der Waals surface area contributed by atoms with Crippen LogP contribution in [0.4, 0.5) is 0 Å². The van der Waals surface area contributed by atoms with Crippen molar-refractivity contribution in [1.82, 2.24) is 10.3 Å². The summed E-state index contributed by atoms with van der Waals surface area (Å²) in [6.45, 7) is 5.25. The molecule has 1 atom stereocenters. The summed E-state index contributed by atoms with van der Waals surface area (Å²) >= 11 is 5.50. The van der Waals surface area contributed by atoms with Gasteiger partial charge in [0.25, 0.3) is 0 Å². The Bertz CT molecular complexity index is 1180. The summed E-state index contributed by atoms with van der Waals surface area (Å²) in [4.78, 5) is 13.5. The van der Waals surface area contributed by atoms with E-state index >= 15 is 0 Å². The van der Waals surface area contributed by atoms with E-state index in [4.69, 9.17) is 12.2 Å². The average molecular weight is 385 g/mol. The first-order chi connectivity index (χ1) is 13.6. The van der Waals surface area contributed by atoms with Gasteiger partial charge in [0.2, 0.25) is 0 Å². The number of allylic oxidation sites excluding steroid dienone is 7. The zero-order valence-corrected chi connectivity index (χ0v) is 16.3. The molecule has 4 nitrogen and oxygen atoms in total. The topological polar surface area (TPSA) is 52.5 Å². The van der Waals surface area contributed by atoms with E-state index < -0.39 is 0 Å². The van der Waals surface area contributed by atoms with E-state index in [2.05, 4.69) is 39.0 Å². The largest absolute Gasteiger partial charge is 0.374 e. The molecule has 4 aliphatic rings. The highest BCUT2D eigenvalue weighted by atomic mass is 32.1. The molecule has 5 rings (SSSR count). The highest BCUT2D eigenvalue weighted by Crippen LogP contribution is 2.18. The molecule has 138 valence electrons. The van der Waals surface area contributed by atoms with Gasteiger partial charge in [0.15, 0.2) is 0 Å². The second-order valence-electron chi connectivity index (χ2n) is 6.59. The van der Waals surface area contributed by atoms with Crippen LogP contribution in [0.15, 0.2) is 94.4 Å². The Kier molecular flexibility index (Phi) is 5.00. The van der Waals surface area contributed by atoms with E-state index in [1.807, 2.05) is 61.6 Å². The number of nitrogens with one attached hydrogen (secondary N) is 2. The number of fused-ring (bicyclic) bond motifs is 6. The van der Waals surface area contributed by atoms with E-state index in [1.54, 1.807) is 6.08 Å². The van der Waals surface area contributed by atoms with E-state index in [0.29, 0.717) is 0 Å². The Labute approximate surface area is 169 Å². The number of nitrogens with zero attached hydrogens (tertiary/aromatic N) is 2. The SMILES string of the molecule is C=CC.S=C1C=C2C=c3ccc([nH]3)=CC3=NC(=CC4=NC(=CC1N2)C=C4)C=C3. The van der Waals surface area contributed by atoms with Crippen LogP contribution in [-0.2, 0) is 0 Å². The van der Waals surface area contributed by atoms with Crippen molar-refractivity contribution in [3.63, 3.8) is 0 Å². The minimum absolute atomic E-state index is 0.0125. The van der Waals surface area contributed by atoms with Crippen LogP contribution in [0.5, 0.6) is 0 Å². The Morgan fingerprint density at radius 2 is 1.57 bits per heavy atom. The number of aliphatic imine (C=N–C) groups is 2. The lowest BCUT2D eigenvalue weighted by Gasteiger charge is -2.07. The van der Waals surface area contributed by atoms with Crippen LogP contribution in [-0.4, -0.2) is 27.3 Å². The molecule has 1 unspecified atom stereocenters. The molecule has 28 heavy (non-hydrogen) atoms. The molecular weight excluding hydrogens is 364 g/mol. The number of rotatable bonds is 0. The number of H-pyrrole nitrogens is 1. The first-order valence-corrected chi connectivity index (χ1v) is 9.48. The van der Waals surface area contributed by atoms with Crippen LogP contribution in [0.3, 0.4) is 0 Å². The number of aromatic nitrogens is 1. The summed E-state index contributed by atoms with van der Waals surface area (Å²) in [5.41, 5.74) is 4.63. The lowest BCUT2D eigenvalue weighted by Crippen LogP contribution is -2.25. The zero-order valence-electron chi connectivity index (χ0n) is 15.5. The van der Waals surface area contributed by atoms with Crippen molar-refractivity contribution in [2.75, 3.05) is 0 Å². The van der Waals surface area contributed by atoms with Gasteiger partial charge in [0, 0.05) is 21.3 Å². The second kappa shape index (κ2) is 7.74. The first kappa shape index (κ1) is 18.1. The zero-order chi connectivity index (χ0) is 19.5. The van der Waals surface area contributed by atoms with Gasteiger partial charge in [-0.25, -0.2) is 9.98 Å². The number of hydrogen-bond acceptors (Lipinski definition) is 4. The maximum atomic E-state index is 5.50. The van der Waals surface area contributed by atoms with Gasteiger partial charge in [-0.15, -0.1) is 6.58 Å². The predicted octanol–water partition coefficient (Wildman–Crippen LogP) is 2.80. The van der Waals surface area contributed by atoms with Gasteiger partial charge < -0.3 is 10.3 Å². The van der Waals surface area contributed by atoms with Crippen molar-refractivity contribution in [2.24, 2.45) is 9.98 Å². The summed E-state index contributed by atoms with van der Waals surface area (Å²) in [7, 11) is 0. The first-order valence-electron chi connectivity index (χ1n) is 9.07. The van der Waals surface area contributed by atoms with Crippen molar-refractivity contribution < 1.29 is 0 Å².